The van der Waals surface area contributed by atoms with Crippen LogP contribution >= 0.6 is 11.8 Å². The van der Waals surface area contributed by atoms with Crippen molar-refractivity contribution in [2.75, 3.05) is 44.4 Å². The lowest BCUT2D eigenvalue weighted by atomic mass is 10.0. The molecule has 0 spiro atoms. The van der Waals surface area contributed by atoms with Gasteiger partial charge in [0.1, 0.15) is 12.4 Å². The van der Waals surface area contributed by atoms with Gasteiger partial charge in [0.25, 0.3) is 0 Å². The second kappa shape index (κ2) is 11.3. The van der Waals surface area contributed by atoms with Crippen molar-refractivity contribution in [3.63, 3.8) is 0 Å². The summed E-state index contributed by atoms with van der Waals surface area (Å²) in [5, 5.41) is 6.91. The lowest BCUT2D eigenvalue weighted by Crippen LogP contribution is -2.31. The Kier molecular flexibility index (Phi) is 7.67. The maximum absolute atomic E-state index is 11.5. The monoisotopic (exact) mass is 504 g/mol. The number of carbonyl (C=O) groups is 1. The molecule has 9 heteroatoms. The van der Waals surface area contributed by atoms with Crippen LogP contribution in [0.2, 0.25) is 0 Å². The molecule has 2 N–H and O–H groups in total. The van der Waals surface area contributed by atoms with Crippen LogP contribution in [0.4, 0.5) is 5.82 Å². The second-order valence-electron chi connectivity index (χ2n) is 9.18. The molecule has 1 fully saturated rings. The first-order chi connectivity index (χ1) is 17.6. The Morgan fingerprint density at radius 1 is 1.22 bits per heavy atom. The van der Waals surface area contributed by atoms with Gasteiger partial charge in [0.15, 0.2) is 5.65 Å². The first-order valence-corrected chi connectivity index (χ1v) is 13.5. The Morgan fingerprint density at radius 3 is 2.97 bits per heavy atom. The number of rotatable bonds is 9. The number of hydrogen-bond donors (Lipinski definition) is 2. The largest absolute Gasteiger partial charge is 0.462 e. The minimum absolute atomic E-state index is 0.204. The van der Waals surface area contributed by atoms with Crippen molar-refractivity contribution in [1.29, 1.82) is 0 Å². The molecule has 0 bridgehead atoms. The number of benzene rings is 1. The van der Waals surface area contributed by atoms with Crippen LogP contribution in [0, 0.1) is 0 Å². The number of likely N-dealkylation sites (tertiary alicyclic amines) is 1. The fourth-order valence-corrected chi connectivity index (χ4v) is 5.91. The van der Waals surface area contributed by atoms with Gasteiger partial charge < -0.3 is 20.3 Å². The van der Waals surface area contributed by atoms with E-state index in [1.54, 1.807) is 0 Å². The van der Waals surface area contributed by atoms with Crippen LogP contribution in [0.15, 0.2) is 47.9 Å². The fraction of sp³-hybridized carbons (Fsp3) is 0.407. The molecule has 0 saturated carbocycles. The molecular formula is C27H32N6O2S. The Hall–Kier alpha value is -3.17. The van der Waals surface area contributed by atoms with Gasteiger partial charge in [-0.3, -0.25) is 4.79 Å². The van der Waals surface area contributed by atoms with E-state index in [2.05, 4.69) is 52.3 Å². The van der Waals surface area contributed by atoms with Gasteiger partial charge in [0.05, 0.1) is 11.1 Å². The van der Waals surface area contributed by atoms with E-state index in [0.717, 1.165) is 41.8 Å². The van der Waals surface area contributed by atoms with E-state index in [1.807, 2.05) is 23.9 Å². The zero-order chi connectivity index (χ0) is 24.9. The van der Waals surface area contributed by atoms with Gasteiger partial charge in [0, 0.05) is 29.6 Å². The third kappa shape index (κ3) is 5.47. The zero-order valence-corrected chi connectivity index (χ0v) is 21.4. The van der Waals surface area contributed by atoms with Crippen molar-refractivity contribution in [3.05, 3.63) is 48.6 Å². The quantitative estimate of drug-likeness (QED) is 0.335. The molecule has 5 rings (SSSR count). The van der Waals surface area contributed by atoms with E-state index in [9.17, 15) is 4.79 Å². The predicted octanol–water partition coefficient (Wildman–Crippen LogP) is 3.92. The molecule has 0 aliphatic carbocycles. The predicted molar refractivity (Wildman–Crippen MR) is 145 cm³/mol. The van der Waals surface area contributed by atoms with E-state index in [4.69, 9.17) is 14.7 Å². The van der Waals surface area contributed by atoms with Gasteiger partial charge in [-0.1, -0.05) is 24.8 Å². The summed E-state index contributed by atoms with van der Waals surface area (Å²) >= 11 is 1.91. The summed E-state index contributed by atoms with van der Waals surface area (Å²) in [5.74, 6) is 1.57. The lowest BCUT2D eigenvalue weighted by Gasteiger charge is -2.20. The molecular weight excluding hydrogens is 472 g/mol. The molecule has 2 aliphatic heterocycles. The van der Waals surface area contributed by atoms with Crippen LogP contribution in [0.1, 0.15) is 24.8 Å². The molecule has 1 amide bonds. The van der Waals surface area contributed by atoms with E-state index in [0.29, 0.717) is 43.2 Å². The van der Waals surface area contributed by atoms with E-state index in [1.165, 1.54) is 29.4 Å². The summed E-state index contributed by atoms with van der Waals surface area (Å²) in [6, 6.07) is 11.2. The first kappa shape index (κ1) is 24.5. The molecule has 2 aliphatic rings. The van der Waals surface area contributed by atoms with Crippen LogP contribution in [0.3, 0.4) is 0 Å². The molecule has 188 valence electrons. The minimum atomic E-state index is -0.204. The Balaban J connectivity index is 1.45. The molecule has 0 unspecified atom stereocenters. The molecule has 0 radical (unpaired) electrons. The third-order valence-electron chi connectivity index (χ3n) is 6.73. The number of thioether (sulfide) groups is 1. The molecule has 2 aromatic heterocycles. The number of nitrogens with zero attached hydrogens (tertiary/aromatic N) is 4. The number of likely N-dealkylation sites (N-methyl/N-ethyl adjacent to an activating group) is 1. The van der Waals surface area contributed by atoms with E-state index >= 15 is 0 Å². The number of fused-ring (bicyclic) bond motifs is 2. The summed E-state index contributed by atoms with van der Waals surface area (Å²) < 4.78 is 6.08. The van der Waals surface area contributed by atoms with Crippen molar-refractivity contribution in [1.82, 2.24) is 25.2 Å². The average Bonchev–Trinajstić information content (AvgIpc) is 3.33. The Bertz CT molecular complexity index is 1270. The third-order valence-corrected chi connectivity index (χ3v) is 7.99. The van der Waals surface area contributed by atoms with Gasteiger partial charge in [-0.25, -0.2) is 4.98 Å². The zero-order valence-electron chi connectivity index (χ0n) is 20.6. The van der Waals surface area contributed by atoms with Crippen molar-refractivity contribution in [2.24, 2.45) is 0 Å². The first-order valence-electron chi connectivity index (χ1n) is 12.5. The SMILES string of the molecule is C=CC(=O)NCCNc1nc(OC[C@@H]2CCCN2C)nc2nc(-c3cccc4c3SCCC4)ccc12. The number of carbonyl (C=O) groups excluding carboxylic acids is 1. The highest BCUT2D eigenvalue weighted by molar-refractivity contribution is 7.99. The fourth-order valence-electron chi connectivity index (χ4n) is 4.73. The summed E-state index contributed by atoms with van der Waals surface area (Å²) in [7, 11) is 2.12. The van der Waals surface area contributed by atoms with Gasteiger partial charge in [-0.05, 0) is 68.8 Å². The van der Waals surface area contributed by atoms with Crippen molar-refractivity contribution in [3.8, 4) is 17.3 Å². The van der Waals surface area contributed by atoms with Crippen LogP contribution in [-0.2, 0) is 11.2 Å². The standard InChI is InChI=1S/C27H32N6O2S/c1-3-23(34)28-13-14-29-25-21-11-12-22(20-10-4-7-18-8-6-16-36-24(18)20)30-26(21)32-27(31-25)35-17-19-9-5-15-33(19)2/h3-4,7,10-12,19H,1,5-6,8-9,13-17H2,2H3,(H,28,34)(H,29,30,31,32)/t19-/m0/s1. The van der Waals surface area contributed by atoms with E-state index in [-0.39, 0.29) is 5.91 Å². The smallest absolute Gasteiger partial charge is 0.320 e. The molecule has 36 heavy (non-hydrogen) atoms. The number of anilines is 1. The van der Waals surface area contributed by atoms with Gasteiger partial charge in [-0.2, -0.15) is 9.97 Å². The molecule has 1 saturated heterocycles. The average molecular weight is 505 g/mol. The van der Waals surface area contributed by atoms with Crippen molar-refractivity contribution < 1.29 is 9.53 Å². The maximum atomic E-state index is 11.5. The van der Waals surface area contributed by atoms with Gasteiger partial charge >= 0.3 is 6.01 Å². The normalized spacial score (nSPS) is 17.5. The molecule has 4 heterocycles. The highest BCUT2D eigenvalue weighted by Gasteiger charge is 2.22. The lowest BCUT2D eigenvalue weighted by molar-refractivity contribution is -0.116. The molecule has 8 nitrogen and oxygen atoms in total. The van der Waals surface area contributed by atoms with Crippen LogP contribution < -0.4 is 15.4 Å². The maximum Gasteiger partial charge on any atom is 0.320 e. The topological polar surface area (TPSA) is 92.3 Å². The van der Waals surface area contributed by atoms with Crippen LogP contribution in [-0.4, -0.2) is 70.8 Å². The number of pyridine rings is 1. The van der Waals surface area contributed by atoms with Gasteiger partial charge in [-0.15, -0.1) is 11.8 Å². The number of ether oxygens (including phenoxy) is 1. The number of amides is 1. The summed E-state index contributed by atoms with van der Waals surface area (Å²) in [4.78, 5) is 29.4. The highest BCUT2D eigenvalue weighted by Crippen LogP contribution is 2.38. The number of aryl methyl sites for hydroxylation is 1. The molecule has 3 aromatic rings. The Morgan fingerprint density at radius 2 is 2.14 bits per heavy atom. The number of aromatic nitrogens is 3. The van der Waals surface area contributed by atoms with Crippen LogP contribution in [0.5, 0.6) is 6.01 Å². The van der Waals surface area contributed by atoms with Crippen LogP contribution in [0.25, 0.3) is 22.3 Å². The molecule has 1 atom stereocenters. The Labute approximate surface area is 215 Å². The van der Waals surface area contributed by atoms with E-state index < -0.39 is 0 Å². The second-order valence-corrected chi connectivity index (χ2v) is 10.3. The van der Waals surface area contributed by atoms with Gasteiger partial charge in [0.2, 0.25) is 5.91 Å². The van der Waals surface area contributed by atoms with Crippen molar-refractivity contribution in [2.45, 2.75) is 36.6 Å². The minimum Gasteiger partial charge on any atom is -0.462 e. The van der Waals surface area contributed by atoms with Crippen molar-refractivity contribution >= 4 is 34.5 Å². The highest BCUT2D eigenvalue weighted by atomic mass is 32.2. The number of nitrogens with one attached hydrogen (secondary N) is 2. The molecule has 1 aromatic carbocycles. The summed E-state index contributed by atoms with van der Waals surface area (Å²) in [5.41, 5.74) is 4.03. The summed E-state index contributed by atoms with van der Waals surface area (Å²) in [6.07, 6.45) is 5.86. The summed E-state index contributed by atoms with van der Waals surface area (Å²) in [6.45, 7) is 6.05. The number of hydrogen-bond acceptors (Lipinski definition) is 8.